The third-order valence-corrected chi connectivity index (χ3v) is 4.16. The lowest BCUT2D eigenvalue weighted by atomic mass is 9.94. The largest absolute Gasteiger partial charge is 0.377 e. The van der Waals surface area contributed by atoms with E-state index in [1.165, 1.54) is 51.9 Å². The van der Waals surface area contributed by atoms with Crippen molar-refractivity contribution in [1.29, 1.82) is 0 Å². The normalized spacial score (nSPS) is 42.0. The van der Waals surface area contributed by atoms with Crippen molar-refractivity contribution in [1.82, 2.24) is 10.2 Å². The number of piperidine rings is 1. The summed E-state index contributed by atoms with van der Waals surface area (Å²) >= 11 is 0. The molecule has 0 aromatic heterocycles. The number of fused-ring (bicyclic) bond motifs is 1. The van der Waals surface area contributed by atoms with Gasteiger partial charge in [-0.2, -0.15) is 0 Å². The highest BCUT2D eigenvalue weighted by Crippen LogP contribution is 2.26. The Morgan fingerprint density at radius 1 is 1.20 bits per heavy atom. The van der Waals surface area contributed by atoms with Gasteiger partial charge in [0, 0.05) is 32.3 Å². The van der Waals surface area contributed by atoms with Crippen LogP contribution in [0.4, 0.5) is 0 Å². The molecule has 1 unspecified atom stereocenters. The zero-order valence-corrected chi connectivity index (χ0v) is 9.45. The molecule has 3 fully saturated rings. The summed E-state index contributed by atoms with van der Waals surface area (Å²) in [7, 11) is 0. The van der Waals surface area contributed by atoms with Crippen molar-refractivity contribution >= 4 is 0 Å². The molecular weight excluding hydrogens is 188 g/mol. The van der Waals surface area contributed by atoms with Crippen LogP contribution in [0, 0.1) is 5.92 Å². The van der Waals surface area contributed by atoms with Gasteiger partial charge in [0.25, 0.3) is 0 Å². The summed E-state index contributed by atoms with van der Waals surface area (Å²) in [6.07, 6.45) is 5.88. The van der Waals surface area contributed by atoms with E-state index in [0.29, 0.717) is 6.10 Å². The summed E-state index contributed by atoms with van der Waals surface area (Å²) in [5, 5.41) is 3.65. The first-order chi connectivity index (χ1) is 7.42. The molecule has 3 nitrogen and oxygen atoms in total. The molecule has 1 N–H and O–H groups in total. The molecule has 3 aliphatic heterocycles. The Hall–Kier alpha value is -0.120. The van der Waals surface area contributed by atoms with Crippen LogP contribution in [0.2, 0.25) is 0 Å². The Morgan fingerprint density at radius 2 is 2.20 bits per heavy atom. The molecule has 0 aromatic carbocycles. The third-order valence-electron chi connectivity index (χ3n) is 4.16. The van der Waals surface area contributed by atoms with Gasteiger partial charge in [0.1, 0.15) is 0 Å². The van der Waals surface area contributed by atoms with Gasteiger partial charge < -0.3 is 10.1 Å². The summed E-state index contributed by atoms with van der Waals surface area (Å²) < 4.78 is 5.71. The van der Waals surface area contributed by atoms with E-state index in [4.69, 9.17) is 4.74 Å². The Morgan fingerprint density at radius 3 is 3.00 bits per heavy atom. The molecule has 0 aromatic rings. The van der Waals surface area contributed by atoms with Crippen molar-refractivity contribution in [3.05, 3.63) is 0 Å². The Labute approximate surface area is 92.2 Å². The van der Waals surface area contributed by atoms with Crippen LogP contribution in [0.15, 0.2) is 0 Å². The van der Waals surface area contributed by atoms with Crippen LogP contribution in [-0.2, 0) is 4.74 Å². The number of ether oxygens (including phenoxy) is 1. The van der Waals surface area contributed by atoms with Gasteiger partial charge >= 0.3 is 0 Å². The van der Waals surface area contributed by atoms with E-state index in [9.17, 15) is 0 Å². The summed E-state index contributed by atoms with van der Waals surface area (Å²) in [5.41, 5.74) is 0. The Balaban J connectivity index is 1.51. The second kappa shape index (κ2) is 4.40. The van der Waals surface area contributed by atoms with Crippen molar-refractivity contribution in [3.8, 4) is 0 Å². The summed E-state index contributed by atoms with van der Waals surface area (Å²) in [6.45, 7) is 5.95. The van der Waals surface area contributed by atoms with Gasteiger partial charge in [-0.3, -0.25) is 4.90 Å². The molecule has 3 aliphatic rings. The quantitative estimate of drug-likeness (QED) is 0.731. The van der Waals surface area contributed by atoms with E-state index in [2.05, 4.69) is 10.2 Å². The maximum atomic E-state index is 5.71. The maximum Gasteiger partial charge on any atom is 0.0702 e. The smallest absolute Gasteiger partial charge is 0.0702 e. The van der Waals surface area contributed by atoms with Gasteiger partial charge in [-0.1, -0.05) is 0 Å². The number of hydrogen-bond acceptors (Lipinski definition) is 3. The first kappa shape index (κ1) is 10.1. The average molecular weight is 210 g/mol. The lowest BCUT2D eigenvalue weighted by Gasteiger charge is -2.24. The predicted octanol–water partition coefficient (Wildman–Crippen LogP) is 0.849. The van der Waals surface area contributed by atoms with Crippen LogP contribution >= 0.6 is 0 Å². The van der Waals surface area contributed by atoms with Crippen LogP contribution in [0.5, 0.6) is 0 Å². The van der Waals surface area contributed by atoms with Gasteiger partial charge in [-0.05, 0) is 38.1 Å². The van der Waals surface area contributed by atoms with Crippen molar-refractivity contribution in [2.24, 2.45) is 5.92 Å². The monoisotopic (exact) mass is 210 g/mol. The van der Waals surface area contributed by atoms with Gasteiger partial charge in [0.15, 0.2) is 0 Å². The lowest BCUT2D eigenvalue weighted by Crippen LogP contribution is -2.41. The molecule has 0 saturated carbocycles. The Kier molecular flexibility index (Phi) is 2.95. The zero-order chi connectivity index (χ0) is 10.1. The molecule has 3 atom stereocenters. The minimum Gasteiger partial charge on any atom is -0.377 e. The topological polar surface area (TPSA) is 24.5 Å². The Bertz CT molecular complexity index is 202. The van der Waals surface area contributed by atoms with Gasteiger partial charge in [0.05, 0.1) is 6.10 Å². The van der Waals surface area contributed by atoms with E-state index in [1.807, 2.05) is 0 Å². The molecule has 15 heavy (non-hydrogen) atoms. The summed E-state index contributed by atoms with van der Waals surface area (Å²) in [4.78, 5) is 2.61. The fraction of sp³-hybridized carbons (Fsp3) is 1.00. The highest BCUT2D eigenvalue weighted by atomic mass is 16.5. The number of nitrogens with one attached hydrogen (secondary N) is 1. The fourth-order valence-electron chi connectivity index (χ4n) is 3.36. The molecule has 3 rings (SSSR count). The summed E-state index contributed by atoms with van der Waals surface area (Å²) in [6, 6.07) is 0.778. The van der Waals surface area contributed by atoms with E-state index in [0.717, 1.165) is 18.6 Å². The SMILES string of the molecule is C1COC(CN2C[C@@H]3CCCN[C@@H]3C2)C1. The number of nitrogens with zero attached hydrogens (tertiary/aromatic N) is 1. The molecule has 0 bridgehead atoms. The van der Waals surface area contributed by atoms with Crippen molar-refractivity contribution in [2.75, 3.05) is 32.8 Å². The average Bonchev–Trinajstić information content (AvgIpc) is 2.86. The first-order valence-electron chi connectivity index (χ1n) is 6.49. The first-order valence-corrected chi connectivity index (χ1v) is 6.49. The van der Waals surface area contributed by atoms with Crippen molar-refractivity contribution < 1.29 is 4.74 Å². The van der Waals surface area contributed by atoms with E-state index in [-0.39, 0.29) is 0 Å². The van der Waals surface area contributed by atoms with Crippen LogP contribution < -0.4 is 5.32 Å². The van der Waals surface area contributed by atoms with Gasteiger partial charge in [0.2, 0.25) is 0 Å². The lowest BCUT2D eigenvalue weighted by molar-refractivity contribution is 0.0793. The van der Waals surface area contributed by atoms with Crippen LogP contribution in [-0.4, -0.2) is 49.8 Å². The molecule has 0 radical (unpaired) electrons. The van der Waals surface area contributed by atoms with Crippen LogP contribution in [0.1, 0.15) is 25.7 Å². The molecule has 0 spiro atoms. The number of likely N-dealkylation sites (tertiary alicyclic amines) is 1. The van der Waals surface area contributed by atoms with E-state index >= 15 is 0 Å². The predicted molar refractivity (Wildman–Crippen MR) is 59.9 cm³/mol. The highest BCUT2D eigenvalue weighted by Gasteiger charge is 2.35. The second-order valence-corrected chi connectivity index (χ2v) is 5.32. The minimum atomic E-state index is 0.533. The van der Waals surface area contributed by atoms with Gasteiger partial charge in [-0.15, -0.1) is 0 Å². The molecule has 0 amide bonds. The highest BCUT2D eigenvalue weighted by molar-refractivity contribution is 4.92. The van der Waals surface area contributed by atoms with E-state index < -0.39 is 0 Å². The van der Waals surface area contributed by atoms with E-state index in [1.54, 1.807) is 0 Å². The van der Waals surface area contributed by atoms with Crippen LogP contribution in [0.3, 0.4) is 0 Å². The second-order valence-electron chi connectivity index (χ2n) is 5.32. The standard InChI is InChI=1S/C12H22N2O/c1-3-10-7-14(9-12(10)13-5-1)8-11-4-2-6-15-11/h10-13H,1-9H2/t10-,11?,12+/m0/s1. The maximum absolute atomic E-state index is 5.71. The zero-order valence-electron chi connectivity index (χ0n) is 9.45. The fourth-order valence-corrected chi connectivity index (χ4v) is 3.36. The van der Waals surface area contributed by atoms with Gasteiger partial charge in [-0.25, -0.2) is 0 Å². The number of hydrogen-bond donors (Lipinski definition) is 1. The minimum absolute atomic E-state index is 0.533. The van der Waals surface area contributed by atoms with Crippen molar-refractivity contribution in [2.45, 2.75) is 37.8 Å². The van der Waals surface area contributed by atoms with Crippen molar-refractivity contribution in [3.63, 3.8) is 0 Å². The molecular formula is C12H22N2O. The molecule has 3 saturated heterocycles. The molecule has 0 aliphatic carbocycles. The van der Waals surface area contributed by atoms with Crippen LogP contribution in [0.25, 0.3) is 0 Å². The number of rotatable bonds is 2. The molecule has 3 heteroatoms. The third kappa shape index (κ3) is 2.19. The molecule has 3 heterocycles. The molecule has 86 valence electrons. The summed E-state index contributed by atoms with van der Waals surface area (Å²) in [5.74, 6) is 0.917.